The van der Waals surface area contributed by atoms with Crippen molar-refractivity contribution in [2.45, 2.75) is 38.0 Å². The molecule has 0 amide bonds. The number of hydrogen-bond donors (Lipinski definition) is 0. The van der Waals surface area contributed by atoms with Crippen LogP contribution in [-0.2, 0) is 5.41 Å². The average molecular weight is 252 g/mol. The Morgan fingerprint density at radius 3 is 2.38 bits per heavy atom. The Kier molecular flexibility index (Phi) is 4.57. The summed E-state index contributed by atoms with van der Waals surface area (Å²) in [4.78, 5) is 1.33. The van der Waals surface area contributed by atoms with E-state index >= 15 is 0 Å². The Labute approximate surface area is 108 Å². The van der Waals surface area contributed by atoms with Gasteiger partial charge in [0.2, 0.25) is 0 Å². The predicted octanol–water partition coefficient (Wildman–Crippen LogP) is 5.22. The van der Waals surface area contributed by atoms with Crippen LogP contribution in [0.1, 0.15) is 31.9 Å². The van der Waals surface area contributed by atoms with Gasteiger partial charge in [0, 0.05) is 9.13 Å². The minimum atomic E-state index is 0.212. The second-order valence-corrected chi connectivity index (χ2v) is 7.20. The molecule has 0 N–H and O–H groups in total. The van der Waals surface area contributed by atoms with E-state index in [0.29, 0.717) is 0 Å². The van der Waals surface area contributed by atoms with Crippen LogP contribution in [0.15, 0.2) is 33.9 Å². The molecule has 88 valence electrons. The van der Waals surface area contributed by atoms with Gasteiger partial charge in [-0.2, -0.15) is 0 Å². The van der Waals surface area contributed by atoms with Crippen LogP contribution >= 0.6 is 23.5 Å². The fourth-order valence-corrected chi connectivity index (χ4v) is 2.60. The number of rotatable bonds is 3. The molecule has 0 aromatic heterocycles. The lowest BCUT2D eigenvalue weighted by molar-refractivity contribution is 0.588. The number of aryl methyl sites for hydroxylation is 1. The van der Waals surface area contributed by atoms with Gasteiger partial charge in [0.1, 0.15) is 0 Å². The van der Waals surface area contributed by atoms with Gasteiger partial charge >= 0.3 is 0 Å². The van der Waals surface area contributed by atoms with Crippen molar-refractivity contribution in [1.29, 1.82) is 0 Å². The molecule has 0 fully saturated rings. The van der Waals surface area contributed by atoms with Crippen molar-refractivity contribution >= 4 is 23.5 Å². The topological polar surface area (TPSA) is 0 Å². The molecular formula is C14H20S2. The first-order valence-corrected chi connectivity index (χ1v) is 7.40. The smallest absolute Gasteiger partial charge is 0.0375 e. The molecule has 1 rings (SSSR count). The summed E-state index contributed by atoms with van der Waals surface area (Å²) < 4.78 is 1.15. The van der Waals surface area contributed by atoms with Crippen LogP contribution in [-0.4, -0.2) is 6.26 Å². The zero-order valence-electron chi connectivity index (χ0n) is 10.8. The fraction of sp³-hybridized carbons (Fsp3) is 0.429. The SMILES string of the molecule is C=C(SC)Sc1cc(C(C)(C)C)ccc1C. The third kappa shape index (κ3) is 3.60. The summed E-state index contributed by atoms with van der Waals surface area (Å²) >= 11 is 3.48. The second-order valence-electron chi connectivity index (χ2n) is 4.91. The van der Waals surface area contributed by atoms with Crippen molar-refractivity contribution < 1.29 is 0 Å². The van der Waals surface area contributed by atoms with Gasteiger partial charge in [-0.3, -0.25) is 0 Å². The Morgan fingerprint density at radius 1 is 1.25 bits per heavy atom. The van der Waals surface area contributed by atoms with Gasteiger partial charge < -0.3 is 0 Å². The predicted molar refractivity (Wildman–Crippen MR) is 78.4 cm³/mol. The van der Waals surface area contributed by atoms with Crippen molar-refractivity contribution in [1.82, 2.24) is 0 Å². The summed E-state index contributed by atoms with van der Waals surface area (Å²) in [7, 11) is 0. The van der Waals surface area contributed by atoms with Crippen LogP contribution in [0.3, 0.4) is 0 Å². The van der Waals surface area contributed by atoms with Gasteiger partial charge in [-0.25, -0.2) is 0 Å². The molecule has 0 nitrogen and oxygen atoms in total. The number of benzene rings is 1. The normalized spacial score (nSPS) is 11.6. The standard InChI is InChI=1S/C14H20S2/c1-10-7-8-12(14(3,4)5)9-13(10)16-11(2)15-6/h7-9H,2H2,1,3-6H3. The first kappa shape index (κ1) is 13.7. The van der Waals surface area contributed by atoms with Gasteiger partial charge in [0.25, 0.3) is 0 Å². The molecule has 0 saturated heterocycles. The van der Waals surface area contributed by atoms with Gasteiger partial charge in [-0.05, 0) is 35.8 Å². The summed E-state index contributed by atoms with van der Waals surface area (Å²) in [5, 5.41) is 0. The molecule has 1 aromatic carbocycles. The van der Waals surface area contributed by atoms with Crippen LogP contribution in [0.25, 0.3) is 0 Å². The Morgan fingerprint density at radius 2 is 1.88 bits per heavy atom. The largest absolute Gasteiger partial charge is 0.123 e. The van der Waals surface area contributed by atoms with Crippen molar-refractivity contribution in [3.8, 4) is 0 Å². The van der Waals surface area contributed by atoms with E-state index in [2.05, 4.69) is 58.7 Å². The molecular weight excluding hydrogens is 232 g/mol. The molecule has 16 heavy (non-hydrogen) atoms. The molecule has 0 heterocycles. The van der Waals surface area contributed by atoms with E-state index < -0.39 is 0 Å². The van der Waals surface area contributed by atoms with Crippen molar-refractivity contribution in [3.63, 3.8) is 0 Å². The van der Waals surface area contributed by atoms with Gasteiger partial charge in [-0.1, -0.05) is 51.2 Å². The monoisotopic (exact) mass is 252 g/mol. The van der Waals surface area contributed by atoms with E-state index in [0.717, 1.165) is 4.24 Å². The van der Waals surface area contributed by atoms with Crippen LogP contribution < -0.4 is 0 Å². The highest BCUT2D eigenvalue weighted by atomic mass is 32.2. The van der Waals surface area contributed by atoms with Gasteiger partial charge in [0.15, 0.2) is 0 Å². The fourth-order valence-electron chi connectivity index (χ4n) is 1.34. The molecule has 0 saturated carbocycles. The first-order chi connectivity index (χ1) is 7.34. The molecule has 2 heteroatoms. The summed E-state index contributed by atoms with van der Waals surface area (Å²) in [6, 6.07) is 6.72. The molecule has 0 radical (unpaired) electrons. The molecule has 0 atom stereocenters. The Hall–Kier alpha value is -0.340. The summed E-state index contributed by atoms with van der Waals surface area (Å²) in [5.41, 5.74) is 2.92. The van der Waals surface area contributed by atoms with Crippen molar-refractivity contribution in [2.75, 3.05) is 6.26 Å². The van der Waals surface area contributed by atoms with E-state index in [1.54, 1.807) is 23.5 Å². The van der Waals surface area contributed by atoms with E-state index in [9.17, 15) is 0 Å². The van der Waals surface area contributed by atoms with Crippen LogP contribution in [0, 0.1) is 6.92 Å². The Balaban J connectivity index is 3.04. The minimum Gasteiger partial charge on any atom is -0.123 e. The third-order valence-corrected chi connectivity index (χ3v) is 4.60. The van der Waals surface area contributed by atoms with E-state index in [1.807, 2.05) is 0 Å². The lowest BCUT2D eigenvalue weighted by Gasteiger charge is -2.20. The molecule has 0 aliphatic heterocycles. The molecule has 0 bridgehead atoms. The number of thioether (sulfide) groups is 2. The van der Waals surface area contributed by atoms with Gasteiger partial charge in [0.05, 0.1) is 0 Å². The van der Waals surface area contributed by atoms with E-state index in [-0.39, 0.29) is 5.41 Å². The summed E-state index contributed by atoms with van der Waals surface area (Å²) in [5.74, 6) is 0. The summed E-state index contributed by atoms with van der Waals surface area (Å²) in [6.45, 7) is 12.9. The first-order valence-electron chi connectivity index (χ1n) is 5.36. The maximum Gasteiger partial charge on any atom is 0.0375 e. The molecule has 1 aromatic rings. The maximum absolute atomic E-state index is 4.03. The Bertz CT molecular complexity index is 386. The van der Waals surface area contributed by atoms with E-state index in [4.69, 9.17) is 0 Å². The average Bonchev–Trinajstić information content (AvgIpc) is 2.19. The molecule has 0 unspecified atom stereocenters. The highest BCUT2D eigenvalue weighted by Crippen LogP contribution is 2.36. The van der Waals surface area contributed by atoms with Crippen molar-refractivity contribution in [2.24, 2.45) is 0 Å². The second kappa shape index (κ2) is 5.33. The third-order valence-electron chi connectivity index (χ3n) is 2.51. The lowest BCUT2D eigenvalue weighted by atomic mass is 9.87. The maximum atomic E-state index is 4.03. The van der Waals surface area contributed by atoms with E-state index in [1.165, 1.54) is 16.0 Å². The summed E-state index contributed by atoms with van der Waals surface area (Å²) in [6.07, 6.45) is 2.07. The lowest BCUT2D eigenvalue weighted by Crippen LogP contribution is -2.11. The molecule has 0 aliphatic carbocycles. The number of hydrogen-bond acceptors (Lipinski definition) is 2. The van der Waals surface area contributed by atoms with Crippen LogP contribution in [0.4, 0.5) is 0 Å². The van der Waals surface area contributed by atoms with Crippen LogP contribution in [0.5, 0.6) is 0 Å². The molecule has 0 aliphatic rings. The highest BCUT2D eigenvalue weighted by Gasteiger charge is 2.15. The zero-order valence-corrected chi connectivity index (χ0v) is 12.4. The highest BCUT2D eigenvalue weighted by molar-refractivity contribution is 8.22. The van der Waals surface area contributed by atoms with Crippen molar-refractivity contribution in [3.05, 3.63) is 40.1 Å². The minimum absolute atomic E-state index is 0.212. The van der Waals surface area contributed by atoms with Crippen LogP contribution in [0.2, 0.25) is 0 Å². The zero-order chi connectivity index (χ0) is 12.3. The quantitative estimate of drug-likeness (QED) is 0.677. The molecule has 0 spiro atoms. The van der Waals surface area contributed by atoms with Gasteiger partial charge in [-0.15, -0.1) is 11.8 Å².